The smallest absolute Gasteiger partial charge is 0.231 e. The number of rotatable bonds is 4. The minimum atomic E-state index is 0.361. The van der Waals surface area contributed by atoms with Crippen molar-refractivity contribution in [2.75, 3.05) is 20.2 Å². The molecular weight excluding hydrogens is 318 g/mol. The maximum atomic E-state index is 5.22. The zero-order valence-corrected chi connectivity index (χ0v) is 14.5. The Balaban J connectivity index is 1.44. The fraction of sp³-hybridized carbons (Fsp3) is 0.471. The highest BCUT2D eigenvalue weighted by molar-refractivity contribution is 5.38. The molecule has 1 saturated heterocycles. The predicted molar refractivity (Wildman–Crippen MR) is 91.4 cm³/mol. The molecule has 0 N–H and O–H groups in total. The minimum absolute atomic E-state index is 0.361. The maximum absolute atomic E-state index is 5.22. The molecule has 0 amide bonds. The number of hydrogen-bond donors (Lipinski definition) is 0. The van der Waals surface area contributed by atoms with E-state index in [0.29, 0.717) is 11.8 Å². The van der Waals surface area contributed by atoms with Gasteiger partial charge in [0.2, 0.25) is 5.88 Å². The summed E-state index contributed by atoms with van der Waals surface area (Å²) in [5.74, 6) is 2.67. The molecule has 1 aliphatic heterocycles. The van der Waals surface area contributed by atoms with Crippen molar-refractivity contribution in [3.63, 3.8) is 0 Å². The molecule has 0 aliphatic carbocycles. The monoisotopic (exact) mass is 339 g/mol. The number of piperidine rings is 1. The first-order valence-corrected chi connectivity index (χ1v) is 8.49. The summed E-state index contributed by atoms with van der Waals surface area (Å²) in [6.45, 7) is 4.82. The Morgan fingerprint density at radius 3 is 2.60 bits per heavy atom. The molecule has 0 unspecified atom stereocenters. The van der Waals surface area contributed by atoms with Gasteiger partial charge in [0.05, 0.1) is 7.11 Å². The number of hydrogen-bond acceptors (Lipinski definition) is 7. The van der Waals surface area contributed by atoms with E-state index in [2.05, 4.69) is 30.2 Å². The molecule has 8 nitrogen and oxygen atoms in total. The average Bonchev–Trinajstić information content (AvgIpc) is 3.07. The Labute approximate surface area is 145 Å². The minimum Gasteiger partial charge on any atom is -0.480 e. The van der Waals surface area contributed by atoms with Gasteiger partial charge in [-0.2, -0.15) is 4.52 Å². The van der Waals surface area contributed by atoms with E-state index in [1.54, 1.807) is 13.2 Å². The van der Waals surface area contributed by atoms with Crippen LogP contribution in [0, 0.1) is 6.92 Å². The first kappa shape index (κ1) is 15.9. The summed E-state index contributed by atoms with van der Waals surface area (Å²) >= 11 is 0. The molecule has 0 spiro atoms. The highest BCUT2D eigenvalue weighted by atomic mass is 16.5. The highest BCUT2D eigenvalue weighted by Gasteiger charge is 2.25. The zero-order valence-electron chi connectivity index (χ0n) is 14.5. The third-order valence-electron chi connectivity index (χ3n) is 4.66. The van der Waals surface area contributed by atoms with Crippen molar-refractivity contribution in [1.29, 1.82) is 0 Å². The zero-order chi connectivity index (χ0) is 17.2. The largest absolute Gasteiger partial charge is 0.480 e. The van der Waals surface area contributed by atoms with Gasteiger partial charge in [-0.3, -0.25) is 4.90 Å². The standard InChI is InChI=1S/C17H21N7O/c1-12-18-9-13(10-19-12)11-23-7-5-14(6-8-23)17-21-20-15-3-4-16(25-2)22-24(15)17/h3-4,9-10,14H,5-8,11H2,1-2H3. The molecule has 1 fully saturated rings. The van der Waals surface area contributed by atoms with Gasteiger partial charge in [-0.1, -0.05) is 0 Å². The van der Waals surface area contributed by atoms with Gasteiger partial charge < -0.3 is 4.74 Å². The van der Waals surface area contributed by atoms with E-state index in [1.165, 1.54) is 0 Å². The Kier molecular flexibility index (Phi) is 4.27. The fourth-order valence-electron chi connectivity index (χ4n) is 3.26. The van der Waals surface area contributed by atoms with Crippen LogP contribution in [0.3, 0.4) is 0 Å². The van der Waals surface area contributed by atoms with Crippen LogP contribution in [-0.4, -0.2) is 54.9 Å². The van der Waals surface area contributed by atoms with Crippen LogP contribution in [0.1, 0.15) is 36.0 Å². The van der Waals surface area contributed by atoms with Gasteiger partial charge in [0.15, 0.2) is 11.5 Å². The van der Waals surface area contributed by atoms with Crippen molar-refractivity contribution in [3.8, 4) is 5.88 Å². The normalized spacial score (nSPS) is 16.4. The number of aryl methyl sites for hydroxylation is 1. The van der Waals surface area contributed by atoms with Crippen molar-refractivity contribution in [1.82, 2.24) is 34.7 Å². The van der Waals surface area contributed by atoms with E-state index in [0.717, 1.165) is 55.3 Å². The van der Waals surface area contributed by atoms with E-state index in [4.69, 9.17) is 4.74 Å². The number of methoxy groups -OCH3 is 1. The summed E-state index contributed by atoms with van der Waals surface area (Å²) < 4.78 is 7.03. The average molecular weight is 339 g/mol. The van der Waals surface area contributed by atoms with Crippen LogP contribution in [0.25, 0.3) is 5.65 Å². The lowest BCUT2D eigenvalue weighted by molar-refractivity contribution is 0.200. The molecule has 0 saturated carbocycles. The third-order valence-corrected chi connectivity index (χ3v) is 4.66. The second-order valence-corrected chi connectivity index (χ2v) is 6.39. The molecule has 3 aromatic rings. The Bertz CT molecular complexity index is 853. The van der Waals surface area contributed by atoms with Crippen molar-refractivity contribution < 1.29 is 4.74 Å². The summed E-state index contributed by atoms with van der Waals surface area (Å²) in [5, 5.41) is 13.1. The molecule has 3 aromatic heterocycles. The molecule has 0 radical (unpaired) electrons. The lowest BCUT2D eigenvalue weighted by atomic mass is 9.96. The molecule has 130 valence electrons. The molecule has 0 bridgehead atoms. The van der Waals surface area contributed by atoms with Gasteiger partial charge in [0, 0.05) is 36.5 Å². The van der Waals surface area contributed by atoms with Crippen LogP contribution in [0.15, 0.2) is 24.5 Å². The van der Waals surface area contributed by atoms with Crippen molar-refractivity contribution >= 4 is 5.65 Å². The number of aromatic nitrogens is 6. The quantitative estimate of drug-likeness (QED) is 0.714. The summed E-state index contributed by atoms with van der Waals surface area (Å²) in [4.78, 5) is 11.0. The Hall–Kier alpha value is -2.61. The Morgan fingerprint density at radius 1 is 1.12 bits per heavy atom. The molecule has 8 heteroatoms. The van der Waals surface area contributed by atoms with E-state index < -0.39 is 0 Å². The molecule has 25 heavy (non-hydrogen) atoms. The molecule has 4 heterocycles. The van der Waals surface area contributed by atoms with Crippen LogP contribution in [0.2, 0.25) is 0 Å². The predicted octanol–water partition coefficient (Wildman–Crippen LogP) is 1.61. The van der Waals surface area contributed by atoms with Crippen molar-refractivity contribution in [2.24, 2.45) is 0 Å². The van der Waals surface area contributed by atoms with Gasteiger partial charge in [-0.15, -0.1) is 15.3 Å². The molecule has 1 aliphatic rings. The lowest BCUT2D eigenvalue weighted by Gasteiger charge is -2.30. The van der Waals surface area contributed by atoms with Gasteiger partial charge >= 0.3 is 0 Å². The van der Waals surface area contributed by atoms with Crippen LogP contribution in [-0.2, 0) is 6.54 Å². The number of likely N-dealkylation sites (tertiary alicyclic amines) is 1. The SMILES string of the molecule is COc1ccc2nnc(C3CCN(Cc4cnc(C)nc4)CC3)n2n1. The number of ether oxygens (including phenoxy) is 1. The lowest BCUT2D eigenvalue weighted by Crippen LogP contribution is -2.33. The first-order valence-electron chi connectivity index (χ1n) is 8.49. The van der Waals surface area contributed by atoms with Crippen LogP contribution in [0.5, 0.6) is 5.88 Å². The van der Waals surface area contributed by atoms with Gasteiger partial charge in [-0.25, -0.2) is 9.97 Å². The highest BCUT2D eigenvalue weighted by Crippen LogP contribution is 2.27. The van der Waals surface area contributed by atoms with E-state index >= 15 is 0 Å². The fourth-order valence-corrected chi connectivity index (χ4v) is 3.26. The Morgan fingerprint density at radius 2 is 1.88 bits per heavy atom. The second kappa shape index (κ2) is 6.72. The summed E-state index contributed by atoms with van der Waals surface area (Å²) in [5.41, 5.74) is 1.92. The van der Waals surface area contributed by atoms with E-state index in [1.807, 2.05) is 29.9 Å². The van der Waals surface area contributed by atoms with E-state index in [-0.39, 0.29) is 0 Å². The first-order chi connectivity index (χ1) is 12.2. The van der Waals surface area contributed by atoms with Gasteiger partial charge in [-0.05, 0) is 38.9 Å². The van der Waals surface area contributed by atoms with E-state index in [9.17, 15) is 0 Å². The molecule has 0 atom stereocenters. The van der Waals surface area contributed by atoms with Crippen LogP contribution in [0.4, 0.5) is 0 Å². The van der Waals surface area contributed by atoms with Crippen LogP contribution >= 0.6 is 0 Å². The summed E-state index contributed by atoms with van der Waals surface area (Å²) in [6.07, 6.45) is 5.89. The number of nitrogens with zero attached hydrogens (tertiary/aromatic N) is 7. The maximum Gasteiger partial charge on any atom is 0.231 e. The van der Waals surface area contributed by atoms with Gasteiger partial charge in [0.1, 0.15) is 5.82 Å². The van der Waals surface area contributed by atoms with Crippen LogP contribution < -0.4 is 4.74 Å². The topological polar surface area (TPSA) is 81.3 Å². The number of fused-ring (bicyclic) bond motifs is 1. The third kappa shape index (κ3) is 3.30. The van der Waals surface area contributed by atoms with Gasteiger partial charge in [0.25, 0.3) is 0 Å². The second-order valence-electron chi connectivity index (χ2n) is 6.39. The molecule has 0 aromatic carbocycles. The summed E-state index contributed by atoms with van der Waals surface area (Å²) in [6, 6.07) is 3.69. The van der Waals surface area contributed by atoms with Crippen molar-refractivity contribution in [2.45, 2.75) is 32.2 Å². The molecule has 4 rings (SSSR count). The molecular formula is C17H21N7O. The summed E-state index contributed by atoms with van der Waals surface area (Å²) in [7, 11) is 1.62. The van der Waals surface area contributed by atoms with Crippen molar-refractivity contribution in [3.05, 3.63) is 41.7 Å².